The van der Waals surface area contributed by atoms with Gasteiger partial charge in [-0.3, -0.25) is 15.2 Å². The molecule has 6 nitrogen and oxygen atoms in total. The van der Waals surface area contributed by atoms with E-state index in [2.05, 4.69) is 36.6 Å². The monoisotopic (exact) mass is 327 g/mol. The van der Waals surface area contributed by atoms with Crippen LogP contribution in [0.25, 0.3) is 0 Å². The topological polar surface area (TPSA) is 82.7 Å². The molecule has 0 bridgehead atoms. The summed E-state index contributed by atoms with van der Waals surface area (Å²) in [6.07, 6.45) is -4.05. The first-order valence-corrected chi connectivity index (χ1v) is 5.96. The number of rotatable bonds is 2. The zero-order chi connectivity index (χ0) is 13.3. The van der Waals surface area contributed by atoms with Crippen molar-refractivity contribution in [3.8, 4) is 0 Å². The average Bonchev–Trinajstić information content (AvgIpc) is 2.85. The summed E-state index contributed by atoms with van der Waals surface area (Å²) in [4.78, 5) is 15.0. The second-order valence-electron chi connectivity index (χ2n) is 3.79. The Balaban J connectivity index is 1.97. The maximum Gasteiger partial charge on any atom is 0.451 e. The lowest BCUT2D eigenvalue weighted by atomic mass is 10.2. The average molecular weight is 328 g/mol. The Bertz CT molecular complexity index is 448. The number of H-pyrrole nitrogens is 1. The van der Waals surface area contributed by atoms with Crippen molar-refractivity contribution in [2.24, 2.45) is 0 Å². The molecule has 2 atom stereocenters. The minimum Gasteiger partial charge on any atom is -0.305 e. The number of nitrogens with zero attached hydrogens (tertiary/aromatic N) is 2. The number of carbonyl (C=O) groups excluding carboxylic acids is 1. The van der Waals surface area contributed by atoms with Crippen LogP contribution in [0, 0.1) is 0 Å². The van der Waals surface area contributed by atoms with Crippen LogP contribution in [0.5, 0.6) is 0 Å². The van der Waals surface area contributed by atoms with Gasteiger partial charge >= 0.3 is 6.18 Å². The first-order valence-electron chi connectivity index (χ1n) is 5.04. The Morgan fingerprint density at radius 2 is 2.22 bits per heavy atom. The third-order valence-electron chi connectivity index (χ3n) is 2.38. The number of amides is 1. The van der Waals surface area contributed by atoms with Crippen LogP contribution in [-0.4, -0.2) is 38.5 Å². The number of aromatic nitrogens is 3. The van der Waals surface area contributed by atoms with Gasteiger partial charge in [-0.2, -0.15) is 18.2 Å². The third kappa shape index (κ3) is 2.99. The standard InChI is InChI=1S/C8H9BrF3N5O/c9-3-1-4(13-2-3)5(18)14-7-15-6(16-17-7)8(10,11)12/h3-4,13H,1-2H2,(H2,14,15,16,17,18). The summed E-state index contributed by atoms with van der Waals surface area (Å²) in [6.45, 7) is 0.625. The predicted octanol–water partition coefficient (Wildman–Crippen LogP) is 0.887. The molecule has 2 rings (SSSR count). The molecular weight excluding hydrogens is 319 g/mol. The molecule has 1 amide bonds. The molecule has 0 spiro atoms. The van der Waals surface area contributed by atoms with Crippen LogP contribution in [0.15, 0.2) is 0 Å². The van der Waals surface area contributed by atoms with Crippen LogP contribution < -0.4 is 10.6 Å². The van der Waals surface area contributed by atoms with Crippen molar-refractivity contribution in [3.05, 3.63) is 5.82 Å². The summed E-state index contributed by atoms with van der Waals surface area (Å²) in [7, 11) is 0. The van der Waals surface area contributed by atoms with Crippen molar-refractivity contribution in [2.45, 2.75) is 23.5 Å². The number of halogens is 4. The Hall–Kier alpha value is -1.16. The number of carbonyl (C=O) groups is 1. The number of anilines is 1. The summed E-state index contributed by atoms with van der Waals surface area (Å²) in [5, 5.41) is 10.1. The largest absolute Gasteiger partial charge is 0.451 e. The minimum absolute atomic E-state index is 0.172. The van der Waals surface area contributed by atoms with Gasteiger partial charge in [0.1, 0.15) is 0 Å². The highest BCUT2D eigenvalue weighted by Gasteiger charge is 2.36. The molecule has 100 valence electrons. The van der Waals surface area contributed by atoms with Gasteiger partial charge in [0.15, 0.2) is 0 Å². The maximum atomic E-state index is 12.2. The van der Waals surface area contributed by atoms with E-state index < -0.39 is 23.9 Å². The van der Waals surface area contributed by atoms with Crippen molar-refractivity contribution >= 4 is 27.8 Å². The normalized spacial score (nSPS) is 24.2. The summed E-state index contributed by atoms with van der Waals surface area (Å²) in [5.74, 6) is -2.08. The summed E-state index contributed by atoms with van der Waals surface area (Å²) in [6, 6.07) is -0.456. The first-order chi connectivity index (χ1) is 8.36. The Morgan fingerprint density at radius 3 is 2.72 bits per heavy atom. The molecule has 1 aromatic rings. The highest BCUT2D eigenvalue weighted by atomic mass is 79.9. The molecule has 1 aliphatic heterocycles. The second-order valence-corrected chi connectivity index (χ2v) is 5.08. The van der Waals surface area contributed by atoms with E-state index in [-0.39, 0.29) is 10.8 Å². The smallest absolute Gasteiger partial charge is 0.305 e. The van der Waals surface area contributed by atoms with E-state index in [0.717, 1.165) is 0 Å². The molecule has 3 N–H and O–H groups in total. The van der Waals surface area contributed by atoms with Gasteiger partial charge in [-0.1, -0.05) is 15.9 Å². The molecule has 0 aromatic carbocycles. The molecule has 1 saturated heterocycles. The molecule has 2 heterocycles. The van der Waals surface area contributed by atoms with Gasteiger partial charge in [-0.25, -0.2) is 0 Å². The Kier molecular flexibility index (Phi) is 3.57. The van der Waals surface area contributed by atoms with Crippen LogP contribution >= 0.6 is 15.9 Å². The van der Waals surface area contributed by atoms with Crippen LogP contribution in [0.4, 0.5) is 19.1 Å². The quantitative estimate of drug-likeness (QED) is 0.704. The van der Waals surface area contributed by atoms with Gasteiger partial charge in [0.05, 0.1) is 6.04 Å². The number of nitrogens with one attached hydrogen (secondary N) is 3. The molecule has 2 unspecified atom stereocenters. The lowest BCUT2D eigenvalue weighted by Gasteiger charge is -2.07. The molecule has 1 fully saturated rings. The van der Waals surface area contributed by atoms with Gasteiger partial charge in [0, 0.05) is 11.4 Å². The van der Waals surface area contributed by atoms with Crippen LogP contribution in [-0.2, 0) is 11.0 Å². The fourth-order valence-corrected chi connectivity index (χ4v) is 2.09. The Labute approximate surface area is 108 Å². The lowest BCUT2D eigenvalue weighted by Crippen LogP contribution is -2.35. The number of hydrogen-bond acceptors (Lipinski definition) is 4. The van der Waals surface area contributed by atoms with Crippen molar-refractivity contribution in [2.75, 3.05) is 11.9 Å². The molecule has 10 heteroatoms. The molecule has 1 aliphatic rings. The molecular formula is C8H9BrF3N5O. The molecule has 18 heavy (non-hydrogen) atoms. The highest BCUT2D eigenvalue weighted by molar-refractivity contribution is 9.09. The number of aromatic amines is 1. The predicted molar refractivity (Wildman–Crippen MR) is 59.1 cm³/mol. The van der Waals surface area contributed by atoms with Gasteiger partial charge in [0.2, 0.25) is 17.7 Å². The van der Waals surface area contributed by atoms with Gasteiger partial charge in [0.25, 0.3) is 0 Å². The van der Waals surface area contributed by atoms with Crippen LogP contribution in [0.3, 0.4) is 0 Å². The second kappa shape index (κ2) is 4.84. The molecule has 0 aliphatic carbocycles. The van der Waals surface area contributed by atoms with E-state index in [1.807, 2.05) is 0 Å². The molecule has 0 radical (unpaired) electrons. The number of alkyl halides is 4. The third-order valence-corrected chi connectivity index (χ3v) is 3.08. The minimum atomic E-state index is -4.61. The summed E-state index contributed by atoms with van der Waals surface area (Å²) >= 11 is 3.33. The van der Waals surface area contributed by atoms with E-state index in [4.69, 9.17) is 0 Å². The fraction of sp³-hybridized carbons (Fsp3) is 0.625. The van der Waals surface area contributed by atoms with Crippen LogP contribution in [0.1, 0.15) is 12.2 Å². The van der Waals surface area contributed by atoms with Crippen molar-refractivity contribution < 1.29 is 18.0 Å². The summed E-state index contributed by atoms with van der Waals surface area (Å²) < 4.78 is 36.7. The van der Waals surface area contributed by atoms with Crippen molar-refractivity contribution in [1.29, 1.82) is 0 Å². The first kappa shape index (κ1) is 13.3. The Morgan fingerprint density at radius 1 is 1.50 bits per heavy atom. The zero-order valence-electron chi connectivity index (χ0n) is 8.88. The fourth-order valence-electron chi connectivity index (χ4n) is 1.53. The molecule has 0 saturated carbocycles. The zero-order valence-corrected chi connectivity index (χ0v) is 10.5. The van der Waals surface area contributed by atoms with Crippen molar-refractivity contribution in [3.63, 3.8) is 0 Å². The highest BCUT2D eigenvalue weighted by Crippen LogP contribution is 2.26. The van der Waals surface area contributed by atoms with E-state index in [9.17, 15) is 18.0 Å². The number of hydrogen-bond donors (Lipinski definition) is 3. The van der Waals surface area contributed by atoms with E-state index in [0.29, 0.717) is 13.0 Å². The van der Waals surface area contributed by atoms with E-state index >= 15 is 0 Å². The van der Waals surface area contributed by atoms with Crippen molar-refractivity contribution in [1.82, 2.24) is 20.5 Å². The maximum absolute atomic E-state index is 12.2. The van der Waals surface area contributed by atoms with E-state index in [1.54, 1.807) is 5.10 Å². The van der Waals surface area contributed by atoms with Gasteiger partial charge in [-0.15, -0.1) is 5.10 Å². The van der Waals surface area contributed by atoms with Crippen LogP contribution in [0.2, 0.25) is 0 Å². The van der Waals surface area contributed by atoms with Gasteiger partial charge < -0.3 is 5.32 Å². The molecule has 1 aromatic heterocycles. The lowest BCUT2D eigenvalue weighted by molar-refractivity contribution is -0.144. The summed E-state index contributed by atoms with van der Waals surface area (Å²) in [5.41, 5.74) is 0. The van der Waals surface area contributed by atoms with E-state index in [1.165, 1.54) is 0 Å². The SMILES string of the molecule is O=C(Nc1n[nH]c(C(F)(F)F)n1)C1CC(Br)CN1. The van der Waals surface area contributed by atoms with Gasteiger partial charge in [-0.05, 0) is 6.42 Å².